The van der Waals surface area contributed by atoms with Crippen LogP contribution in [0.25, 0.3) is 0 Å². The molecule has 1 aromatic rings. The van der Waals surface area contributed by atoms with E-state index in [0.29, 0.717) is 18.5 Å². The molecule has 0 bridgehead atoms. The molecule has 112 valence electrons. The molecule has 1 saturated heterocycles. The maximum atomic E-state index is 14.1. The molecule has 0 aromatic heterocycles. The fraction of sp³-hybridized carbons (Fsp3) is 0.625. The zero-order chi connectivity index (χ0) is 14.5. The van der Waals surface area contributed by atoms with Crippen LogP contribution < -0.4 is 10.2 Å². The maximum Gasteiger partial charge on any atom is 0.129 e. The highest BCUT2D eigenvalue weighted by atomic mass is 19.1. The minimum absolute atomic E-state index is 0.120. The van der Waals surface area contributed by atoms with Gasteiger partial charge in [-0.25, -0.2) is 4.39 Å². The first-order valence-corrected chi connectivity index (χ1v) is 7.36. The molecule has 1 unspecified atom stereocenters. The number of halogens is 1. The van der Waals surface area contributed by atoms with E-state index in [1.54, 1.807) is 19.2 Å². The lowest BCUT2D eigenvalue weighted by Crippen LogP contribution is -2.27. The van der Waals surface area contributed by atoms with Gasteiger partial charge in [0.25, 0.3) is 0 Å². The molecular formula is C16H25FN2O. The molecule has 4 heteroatoms. The van der Waals surface area contributed by atoms with E-state index in [2.05, 4.69) is 24.1 Å². The van der Waals surface area contributed by atoms with Crippen molar-refractivity contribution in [2.24, 2.45) is 5.92 Å². The van der Waals surface area contributed by atoms with Crippen LogP contribution in [0.2, 0.25) is 0 Å². The number of ether oxygens (including phenoxy) is 1. The number of nitrogens with zero attached hydrogens (tertiary/aromatic N) is 1. The summed E-state index contributed by atoms with van der Waals surface area (Å²) >= 11 is 0. The van der Waals surface area contributed by atoms with E-state index in [1.165, 1.54) is 0 Å². The van der Waals surface area contributed by atoms with Crippen LogP contribution in [0.3, 0.4) is 0 Å². The minimum Gasteiger partial charge on any atom is -0.384 e. The molecule has 1 aliphatic heterocycles. The van der Waals surface area contributed by atoms with Crippen molar-refractivity contribution >= 4 is 5.69 Å². The smallest absolute Gasteiger partial charge is 0.129 e. The van der Waals surface area contributed by atoms with Crippen LogP contribution in [-0.4, -0.2) is 32.8 Å². The topological polar surface area (TPSA) is 24.5 Å². The summed E-state index contributed by atoms with van der Waals surface area (Å²) < 4.78 is 19.3. The molecular weight excluding hydrogens is 255 g/mol. The third-order valence-corrected chi connectivity index (χ3v) is 3.81. The Balaban J connectivity index is 2.13. The first kappa shape index (κ1) is 15.3. The summed E-state index contributed by atoms with van der Waals surface area (Å²) in [4.78, 5) is 2.28. The highest BCUT2D eigenvalue weighted by Crippen LogP contribution is 2.28. The Morgan fingerprint density at radius 2 is 2.25 bits per heavy atom. The number of hydrogen-bond donors (Lipinski definition) is 1. The Kier molecular flexibility index (Phi) is 5.38. The van der Waals surface area contributed by atoms with E-state index in [9.17, 15) is 4.39 Å². The molecule has 0 radical (unpaired) electrons. The summed E-state index contributed by atoms with van der Waals surface area (Å²) in [5, 5.41) is 3.31. The lowest BCUT2D eigenvalue weighted by Gasteiger charge is -2.23. The van der Waals surface area contributed by atoms with Crippen molar-refractivity contribution in [2.75, 3.05) is 31.7 Å². The van der Waals surface area contributed by atoms with Gasteiger partial charge in [-0.15, -0.1) is 0 Å². The number of rotatable bonds is 6. The fourth-order valence-electron chi connectivity index (χ4n) is 2.75. The van der Waals surface area contributed by atoms with Crippen LogP contribution in [-0.2, 0) is 11.3 Å². The second kappa shape index (κ2) is 7.04. The van der Waals surface area contributed by atoms with Gasteiger partial charge in [0.15, 0.2) is 0 Å². The van der Waals surface area contributed by atoms with Gasteiger partial charge in [0, 0.05) is 50.0 Å². The molecule has 0 amide bonds. The predicted molar refractivity (Wildman–Crippen MR) is 80.6 cm³/mol. The summed E-state index contributed by atoms with van der Waals surface area (Å²) in [7, 11) is 1.74. The molecule has 2 rings (SSSR count). The molecule has 0 aliphatic carbocycles. The average molecular weight is 280 g/mol. The zero-order valence-electron chi connectivity index (χ0n) is 12.7. The highest BCUT2D eigenvalue weighted by Gasteiger charge is 2.25. The second-order valence-corrected chi connectivity index (χ2v) is 5.83. The quantitative estimate of drug-likeness (QED) is 0.867. The monoisotopic (exact) mass is 280 g/mol. The molecule has 1 atom stereocenters. The Hall–Kier alpha value is -1.13. The minimum atomic E-state index is -0.120. The normalized spacial score (nSPS) is 19.1. The molecule has 1 heterocycles. The SMILES string of the molecule is COCC1CCN(c2cccc(F)c2CNC(C)C)C1. The molecule has 3 nitrogen and oxygen atoms in total. The summed E-state index contributed by atoms with van der Waals surface area (Å²) in [6.07, 6.45) is 1.11. The number of nitrogens with one attached hydrogen (secondary N) is 1. The first-order valence-electron chi connectivity index (χ1n) is 7.36. The number of anilines is 1. The molecule has 1 aromatic carbocycles. The van der Waals surface area contributed by atoms with Gasteiger partial charge in [0.2, 0.25) is 0 Å². The highest BCUT2D eigenvalue weighted by molar-refractivity contribution is 5.55. The van der Waals surface area contributed by atoms with Crippen molar-refractivity contribution in [1.82, 2.24) is 5.32 Å². The van der Waals surface area contributed by atoms with E-state index in [0.717, 1.165) is 37.4 Å². The van der Waals surface area contributed by atoms with Gasteiger partial charge >= 0.3 is 0 Å². The first-order chi connectivity index (χ1) is 9.61. The van der Waals surface area contributed by atoms with Crippen molar-refractivity contribution in [1.29, 1.82) is 0 Å². The summed E-state index contributed by atoms with van der Waals surface area (Å²) in [6.45, 7) is 7.44. The Morgan fingerprint density at radius 3 is 2.95 bits per heavy atom. The van der Waals surface area contributed by atoms with Crippen molar-refractivity contribution in [2.45, 2.75) is 32.9 Å². The van der Waals surface area contributed by atoms with Crippen LogP contribution in [0, 0.1) is 11.7 Å². The van der Waals surface area contributed by atoms with Crippen LogP contribution in [0.4, 0.5) is 10.1 Å². The van der Waals surface area contributed by atoms with Gasteiger partial charge < -0.3 is 15.0 Å². The van der Waals surface area contributed by atoms with Gasteiger partial charge in [-0.2, -0.15) is 0 Å². The number of benzene rings is 1. The average Bonchev–Trinajstić information content (AvgIpc) is 2.86. The third-order valence-electron chi connectivity index (χ3n) is 3.81. The fourth-order valence-corrected chi connectivity index (χ4v) is 2.75. The summed E-state index contributed by atoms with van der Waals surface area (Å²) in [5.74, 6) is 0.431. The summed E-state index contributed by atoms with van der Waals surface area (Å²) in [6, 6.07) is 5.72. The van der Waals surface area contributed by atoms with Crippen LogP contribution in [0.1, 0.15) is 25.8 Å². The standard InChI is InChI=1S/C16H25FN2O/c1-12(2)18-9-14-15(17)5-4-6-16(14)19-8-7-13(10-19)11-20-3/h4-6,12-13,18H,7-11H2,1-3H3. The van der Waals surface area contributed by atoms with Crippen molar-refractivity contribution in [3.05, 3.63) is 29.6 Å². The van der Waals surface area contributed by atoms with Crippen LogP contribution in [0.15, 0.2) is 18.2 Å². The van der Waals surface area contributed by atoms with E-state index in [4.69, 9.17) is 4.74 Å². The van der Waals surface area contributed by atoms with E-state index >= 15 is 0 Å². The lowest BCUT2D eigenvalue weighted by molar-refractivity contribution is 0.161. The van der Waals surface area contributed by atoms with E-state index in [1.807, 2.05) is 6.07 Å². The molecule has 0 saturated carbocycles. The zero-order valence-corrected chi connectivity index (χ0v) is 12.7. The van der Waals surface area contributed by atoms with Gasteiger partial charge in [0.05, 0.1) is 6.61 Å². The predicted octanol–water partition coefficient (Wildman–Crippen LogP) is 2.80. The van der Waals surface area contributed by atoms with Gasteiger partial charge in [0.1, 0.15) is 5.82 Å². The van der Waals surface area contributed by atoms with E-state index < -0.39 is 0 Å². The van der Waals surface area contributed by atoms with E-state index in [-0.39, 0.29) is 5.82 Å². The second-order valence-electron chi connectivity index (χ2n) is 5.83. The molecule has 0 spiro atoms. The van der Waals surface area contributed by atoms with Gasteiger partial charge in [-0.1, -0.05) is 19.9 Å². The number of hydrogen-bond acceptors (Lipinski definition) is 3. The molecule has 20 heavy (non-hydrogen) atoms. The number of methoxy groups -OCH3 is 1. The van der Waals surface area contributed by atoms with Crippen LogP contribution >= 0.6 is 0 Å². The lowest BCUT2D eigenvalue weighted by atomic mass is 10.1. The molecule has 1 aliphatic rings. The Labute approximate surface area is 121 Å². The maximum absolute atomic E-state index is 14.1. The van der Waals surface area contributed by atoms with Gasteiger partial charge in [-0.05, 0) is 18.6 Å². The molecule has 1 N–H and O–H groups in total. The van der Waals surface area contributed by atoms with Crippen molar-refractivity contribution < 1.29 is 9.13 Å². The van der Waals surface area contributed by atoms with Gasteiger partial charge in [-0.3, -0.25) is 0 Å². The van der Waals surface area contributed by atoms with Crippen LogP contribution in [0.5, 0.6) is 0 Å². The Morgan fingerprint density at radius 1 is 1.45 bits per heavy atom. The Bertz CT molecular complexity index is 436. The largest absolute Gasteiger partial charge is 0.384 e. The molecule has 1 fully saturated rings. The van der Waals surface area contributed by atoms with Crippen molar-refractivity contribution in [3.8, 4) is 0 Å². The summed E-state index contributed by atoms with van der Waals surface area (Å²) in [5.41, 5.74) is 1.80. The third kappa shape index (κ3) is 3.70. The van der Waals surface area contributed by atoms with Crippen molar-refractivity contribution in [3.63, 3.8) is 0 Å².